The van der Waals surface area contributed by atoms with Crippen molar-refractivity contribution in [3.63, 3.8) is 0 Å². The minimum Gasteiger partial charge on any atom is -0.378 e. The molecule has 0 aromatic heterocycles. The van der Waals surface area contributed by atoms with Crippen molar-refractivity contribution < 1.29 is 18.0 Å². The lowest BCUT2D eigenvalue weighted by Gasteiger charge is -2.13. The molecule has 0 saturated heterocycles. The van der Waals surface area contributed by atoms with Crippen LogP contribution in [0.2, 0.25) is 0 Å². The third kappa shape index (κ3) is 6.07. The summed E-state index contributed by atoms with van der Waals surface area (Å²) in [5.74, 6) is -0.509. The van der Waals surface area contributed by atoms with Crippen LogP contribution in [0.1, 0.15) is 17.3 Å². The molecule has 0 saturated carbocycles. The van der Waals surface area contributed by atoms with Crippen molar-refractivity contribution in [2.75, 3.05) is 37.4 Å². The van der Waals surface area contributed by atoms with Crippen LogP contribution in [0.5, 0.6) is 0 Å². The molecule has 0 heterocycles. The van der Waals surface area contributed by atoms with Crippen molar-refractivity contribution in [3.05, 3.63) is 54.1 Å². The molecule has 0 aliphatic rings. The van der Waals surface area contributed by atoms with Crippen molar-refractivity contribution in [3.8, 4) is 0 Å². The average molecular weight is 404 g/mol. The van der Waals surface area contributed by atoms with E-state index in [4.69, 9.17) is 0 Å². The Morgan fingerprint density at radius 1 is 0.929 bits per heavy atom. The number of carbonyl (C=O) groups is 2. The molecule has 0 aliphatic carbocycles. The molecule has 150 valence electrons. The van der Waals surface area contributed by atoms with Gasteiger partial charge < -0.3 is 15.5 Å². The zero-order valence-corrected chi connectivity index (χ0v) is 16.8. The molecule has 0 bridgehead atoms. The second kappa shape index (κ2) is 9.34. The Hall–Kier alpha value is -2.91. The lowest BCUT2D eigenvalue weighted by molar-refractivity contribution is -0.114. The van der Waals surface area contributed by atoms with Gasteiger partial charge in [0.1, 0.15) is 0 Å². The van der Waals surface area contributed by atoms with Gasteiger partial charge in [-0.25, -0.2) is 13.1 Å². The number of carbonyl (C=O) groups excluding carboxylic acids is 2. The first kappa shape index (κ1) is 21.4. The Morgan fingerprint density at radius 3 is 2.07 bits per heavy atom. The number of nitrogens with one attached hydrogen (secondary N) is 3. The highest BCUT2D eigenvalue weighted by Crippen LogP contribution is 2.14. The fourth-order valence-corrected chi connectivity index (χ4v) is 3.41. The number of rotatable bonds is 8. The van der Waals surface area contributed by atoms with Gasteiger partial charge in [0.2, 0.25) is 15.9 Å². The van der Waals surface area contributed by atoms with E-state index in [2.05, 4.69) is 15.4 Å². The highest BCUT2D eigenvalue weighted by molar-refractivity contribution is 7.89. The molecule has 0 fully saturated rings. The summed E-state index contributed by atoms with van der Waals surface area (Å²) in [6, 6.07) is 12.9. The zero-order chi connectivity index (χ0) is 20.7. The summed E-state index contributed by atoms with van der Waals surface area (Å²) in [6.45, 7) is 1.58. The van der Waals surface area contributed by atoms with Gasteiger partial charge in [-0.05, 0) is 48.5 Å². The molecule has 28 heavy (non-hydrogen) atoms. The minimum atomic E-state index is -3.70. The Labute approximate surface area is 165 Å². The Kier molecular flexibility index (Phi) is 7.13. The molecule has 0 atom stereocenters. The van der Waals surface area contributed by atoms with Gasteiger partial charge >= 0.3 is 0 Å². The minimum absolute atomic E-state index is 0.0529. The van der Waals surface area contributed by atoms with E-state index in [9.17, 15) is 18.0 Å². The number of benzene rings is 2. The van der Waals surface area contributed by atoms with E-state index in [1.165, 1.54) is 31.2 Å². The molecule has 0 spiro atoms. The lowest BCUT2D eigenvalue weighted by Crippen LogP contribution is -2.34. The molecule has 8 nitrogen and oxygen atoms in total. The maximum atomic E-state index is 12.3. The predicted octanol–water partition coefficient (Wildman–Crippen LogP) is 1.42. The molecule has 2 rings (SSSR count). The van der Waals surface area contributed by atoms with Gasteiger partial charge in [0.15, 0.2) is 0 Å². The number of sulfonamides is 1. The summed E-state index contributed by atoms with van der Waals surface area (Å²) in [7, 11) is 0.120. The molecule has 0 aliphatic heterocycles. The smallest absolute Gasteiger partial charge is 0.251 e. The summed E-state index contributed by atoms with van der Waals surface area (Å²) in [5, 5.41) is 5.24. The Bertz CT molecular complexity index is 923. The number of anilines is 2. The van der Waals surface area contributed by atoms with Gasteiger partial charge in [-0.15, -0.1) is 0 Å². The topological polar surface area (TPSA) is 108 Å². The number of hydrogen-bond donors (Lipinski definition) is 3. The monoisotopic (exact) mass is 404 g/mol. The lowest BCUT2D eigenvalue weighted by atomic mass is 10.2. The summed E-state index contributed by atoms with van der Waals surface area (Å²) >= 11 is 0. The SMILES string of the molecule is CC(=O)Nc1ccc(S(=O)(=O)NCCNC(=O)c2ccc(N(C)C)cc2)cc1. The van der Waals surface area contributed by atoms with Crippen LogP contribution >= 0.6 is 0 Å². The molecule has 9 heteroatoms. The molecular formula is C19H24N4O4S. The predicted molar refractivity (Wildman–Crippen MR) is 109 cm³/mol. The fourth-order valence-electron chi connectivity index (χ4n) is 2.38. The van der Waals surface area contributed by atoms with Crippen molar-refractivity contribution in [2.45, 2.75) is 11.8 Å². The summed E-state index contributed by atoms with van der Waals surface area (Å²) in [4.78, 5) is 25.1. The van der Waals surface area contributed by atoms with Crippen LogP contribution in [0.4, 0.5) is 11.4 Å². The van der Waals surface area contributed by atoms with Crippen LogP contribution in [0, 0.1) is 0 Å². The number of nitrogens with zero attached hydrogens (tertiary/aromatic N) is 1. The van der Waals surface area contributed by atoms with E-state index in [1.807, 2.05) is 31.1 Å². The highest BCUT2D eigenvalue weighted by atomic mass is 32.2. The largest absolute Gasteiger partial charge is 0.378 e. The van der Waals surface area contributed by atoms with E-state index in [0.717, 1.165) is 5.69 Å². The number of hydrogen-bond acceptors (Lipinski definition) is 5. The standard InChI is InChI=1S/C19H24N4O4S/c1-14(24)22-16-6-10-18(11-7-16)28(26,27)21-13-12-20-19(25)15-4-8-17(9-5-15)23(2)3/h4-11,21H,12-13H2,1-3H3,(H,20,25)(H,22,24). The van der Waals surface area contributed by atoms with Crippen LogP contribution in [-0.4, -0.2) is 47.4 Å². The maximum absolute atomic E-state index is 12.3. The first-order valence-corrected chi connectivity index (χ1v) is 10.1. The van der Waals surface area contributed by atoms with Gasteiger partial charge in [0.05, 0.1) is 4.90 Å². The highest BCUT2D eigenvalue weighted by Gasteiger charge is 2.13. The fraction of sp³-hybridized carbons (Fsp3) is 0.263. The Morgan fingerprint density at radius 2 is 1.54 bits per heavy atom. The third-order valence-electron chi connectivity index (χ3n) is 3.83. The van der Waals surface area contributed by atoms with Gasteiger partial charge in [0, 0.05) is 51.0 Å². The van der Waals surface area contributed by atoms with E-state index >= 15 is 0 Å². The van der Waals surface area contributed by atoms with E-state index in [0.29, 0.717) is 11.3 Å². The van der Waals surface area contributed by atoms with Crippen molar-refractivity contribution in [1.82, 2.24) is 10.0 Å². The zero-order valence-electron chi connectivity index (χ0n) is 16.0. The van der Waals surface area contributed by atoms with Crippen LogP contribution in [-0.2, 0) is 14.8 Å². The van der Waals surface area contributed by atoms with Crippen LogP contribution < -0.4 is 20.3 Å². The quantitative estimate of drug-likeness (QED) is 0.577. The van der Waals surface area contributed by atoms with Gasteiger partial charge in [-0.1, -0.05) is 0 Å². The van der Waals surface area contributed by atoms with Gasteiger partial charge in [0.25, 0.3) is 5.91 Å². The second-order valence-electron chi connectivity index (χ2n) is 6.30. The van der Waals surface area contributed by atoms with Crippen LogP contribution in [0.15, 0.2) is 53.4 Å². The van der Waals surface area contributed by atoms with Crippen molar-refractivity contribution in [1.29, 1.82) is 0 Å². The maximum Gasteiger partial charge on any atom is 0.251 e. The molecule has 2 aromatic carbocycles. The van der Waals surface area contributed by atoms with E-state index in [-0.39, 0.29) is 29.8 Å². The summed E-state index contributed by atoms with van der Waals surface area (Å²) in [5.41, 5.74) is 2.00. The van der Waals surface area contributed by atoms with Crippen molar-refractivity contribution in [2.24, 2.45) is 0 Å². The van der Waals surface area contributed by atoms with E-state index < -0.39 is 10.0 Å². The molecule has 2 aromatic rings. The van der Waals surface area contributed by atoms with Gasteiger partial charge in [-0.2, -0.15) is 0 Å². The first-order chi connectivity index (χ1) is 13.2. The third-order valence-corrected chi connectivity index (χ3v) is 5.31. The van der Waals surface area contributed by atoms with E-state index in [1.54, 1.807) is 12.1 Å². The summed E-state index contributed by atoms with van der Waals surface area (Å²) < 4.78 is 27.0. The first-order valence-electron chi connectivity index (χ1n) is 8.62. The summed E-state index contributed by atoms with van der Waals surface area (Å²) in [6.07, 6.45) is 0. The Balaban J connectivity index is 1.84. The molecular weight excluding hydrogens is 380 g/mol. The van der Waals surface area contributed by atoms with Crippen molar-refractivity contribution >= 4 is 33.2 Å². The molecule has 0 radical (unpaired) electrons. The van der Waals surface area contributed by atoms with Gasteiger partial charge in [-0.3, -0.25) is 9.59 Å². The van der Waals surface area contributed by atoms with Crippen LogP contribution in [0.3, 0.4) is 0 Å². The molecule has 3 N–H and O–H groups in total. The molecule has 0 unspecified atom stereocenters. The van der Waals surface area contributed by atoms with Crippen LogP contribution in [0.25, 0.3) is 0 Å². The average Bonchev–Trinajstić information content (AvgIpc) is 2.65. The number of amides is 2. The second-order valence-corrected chi connectivity index (χ2v) is 8.07. The normalized spacial score (nSPS) is 11.0. The molecule has 2 amide bonds.